The monoisotopic (exact) mass is 179 g/mol. The Balaban J connectivity index is 2.83. The van der Waals surface area contributed by atoms with E-state index in [2.05, 4.69) is 15.6 Å². The maximum Gasteiger partial charge on any atom is 0.319 e. The van der Waals surface area contributed by atoms with Gasteiger partial charge >= 0.3 is 6.03 Å². The molecule has 0 spiro atoms. The SMILES string of the molecule is CNC(=O)Nc1ccc(C)nc1C. The molecule has 0 saturated heterocycles. The van der Waals surface area contributed by atoms with Gasteiger partial charge in [-0.3, -0.25) is 4.98 Å². The van der Waals surface area contributed by atoms with E-state index in [0.717, 1.165) is 17.1 Å². The Bertz CT molecular complexity index is 323. The molecule has 4 nitrogen and oxygen atoms in total. The molecule has 0 atom stereocenters. The third-order valence-electron chi connectivity index (χ3n) is 1.70. The van der Waals surface area contributed by atoms with Gasteiger partial charge in [-0.2, -0.15) is 0 Å². The molecule has 2 N–H and O–H groups in total. The highest BCUT2D eigenvalue weighted by atomic mass is 16.2. The van der Waals surface area contributed by atoms with Crippen LogP contribution >= 0.6 is 0 Å². The summed E-state index contributed by atoms with van der Waals surface area (Å²) in [5.41, 5.74) is 2.51. The molecule has 0 aliphatic carbocycles. The number of amides is 2. The van der Waals surface area contributed by atoms with Crippen LogP contribution in [0.25, 0.3) is 0 Å². The minimum Gasteiger partial charge on any atom is -0.341 e. The van der Waals surface area contributed by atoms with Crippen LogP contribution in [0.15, 0.2) is 12.1 Å². The van der Waals surface area contributed by atoms with Crippen molar-refractivity contribution in [1.82, 2.24) is 10.3 Å². The zero-order valence-corrected chi connectivity index (χ0v) is 8.01. The van der Waals surface area contributed by atoms with Crippen molar-refractivity contribution in [3.8, 4) is 0 Å². The molecule has 1 heterocycles. The number of pyridine rings is 1. The molecule has 0 aliphatic heterocycles. The van der Waals surface area contributed by atoms with Gasteiger partial charge in [0.1, 0.15) is 0 Å². The molecule has 13 heavy (non-hydrogen) atoms. The van der Waals surface area contributed by atoms with Crippen LogP contribution < -0.4 is 10.6 Å². The lowest BCUT2D eigenvalue weighted by Crippen LogP contribution is -2.25. The number of anilines is 1. The average molecular weight is 179 g/mol. The maximum absolute atomic E-state index is 11.0. The molecule has 70 valence electrons. The highest BCUT2D eigenvalue weighted by Gasteiger charge is 2.02. The first kappa shape index (κ1) is 9.51. The summed E-state index contributed by atoms with van der Waals surface area (Å²) in [6.45, 7) is 3.77. The predicted octanol–water partition coefficient (Wildman–Crippen LogP) is 1.45. The van der Waals surface area contributed by atoms with Crippen molar-refractivity contribution in [3.05, 3.63) is 23.5 Å². The van der Waals surface area contributed by atoms with Crippen LogP contribution in [0, 0.1) is 13.8 Å². The van der Waals surface area contributed by atoms with Crippen molar-refractivity contribution in [2.24, 2.45) is 0 Å². The highest BCUT2D eigenvalue weighted by molar-refractivity contribution is 5.89. The Labute approximate surface area is 77.4 Å². The van der Waals surface area contributed by atoms with Gasteiger partial charge in [0.15, 0.2) is 0 Å². The van der Waals surface area contributed by atoms with Crippen molar-refractivity contribution in [3.63, 3.8) is 0 Å². The fraction of sp³-hybridized carbons (Fsp3) is 0.333. The van der Waals surface area contributed by atoms with E-state index in [1.807, 2.05) is 26.0 Å². The Morgan fingerprint density at radius 2 is 2.08 bits per heavy atom. The van der Waals surface area contributed by atoms with E-state index in [0.29, 0.717) is 0 Å². The molecule has 1 aromatic heterocycles. The van der Waals surface area contributed by atoms with E-state index in [1.54, 1.807) is 7.05 Å². The van der Waals surface area contributed by atoms with Crippen molar-refractivity contribution >= 4 is 11.7 Å². The highest BCUT2D eigenvalue weighted by Crippen LogP contribution is 2.11. The number of aryl methyl sites for hydroxylation is 2. The first-order valence-electron chi connectivity index (χ1n) is 4.06. The van der Waals surface area contributed by atoms with Crippen LogP contribution in [0.4, 0.5) is 10.5 Å². The van der Waals surface area contributed by atoms with Gasteiger partial charge in [0, 0.05) is 12.7 Å². The fourth-order valence-electron chi connectivity index (χ4n) is 1.00. The van der Waals surface area contributed by atoms with Gasteiger partial charge < -0.3 is 10.6 Å². The van der Waals surface area contributed by atoms with Crippen LogP contribution in [0.3, 0.4) is 0 Å². The molecule has 0 aliphatic rings. The van der Waals surface area contributed by atoms with Crippen LogP contribution in [0.1, 0.15) is 11.4 Å². The lowest BCUT2D eigenvalue weighted by molar-refractivity contribution is 0.254. The minimum atomic E-state index is -0.228. The van der Waals surface area contributed by atoms with E-state index in [4.69, 9.17) is 0 Å². The van der Waals surface area contributed by atoms with Gasteiger partial charge in [-0.1, -0.05) is 0 Å². The summed E-state index contributed by atoms with van der Waals surface area (Å²) in [5.74, 6) is 0. The van der Waals surface area contributed by atoms with Gasteiger partial charge in [0.25, 0.3) is 0 Å². The van der Waals surface area contributed by atoms with E-state index < -0.39 is 0 Å². The summed E-state index contributed by atoms with van der Waals surface area (Å²) in [6, 6.07) is 3.47. The molecule has 0 unspecified atom stereocenters. The smallest absolute Gasteiger partial charge is 0.319 e. The summed E-state index contributed by atoms with van der Waals surface area (Å²) in [4.78, 5) is 15.2. The van der Waals surface area contributed by atoms with Gasteiger partial charge in [-0.15, -0.1) is 0 Å². The average Bonchev–Trinajstić information content (AvgIpc) is 2.09. The first-order valence-corrected chi connectivity index (χ1v) is 4.06. The van der Waals surface area contributed by atoms with Crippen molar-refractivity contribution in [2.75, 3.05) is 12.4 Å². The summed E-state index contributed by atoms with van der Waals surface area (Å²) in [6.07, 6.45) is 0. The number of hydrogen-bond acceptors (Lipinski definition) is 2. The molecular weight excluding hydrogens is 166 g/mol. The number of rotatable bonds is 1. The second-order valence-electron chi connectivity index (χ2n) is 2.79. The molecule has 0 saturated carbocycles. The van der Waals surface area contributed by atoms with Gasteiger partial charge in [0.05, 0.1) is 11.4 Å². The maximum atomic E-state index is 11.0. The van der Waals surface area contributed by atoms with Crippen molar-refractivity contribution < 1.29 is 4.79 Å². The summed E-state index contributed by atoms with van der Waals surface area (Å²) >= 11 is 0. The second kappa shape index (κ2) is 3.89. The Hall–Kier alpha value is -1.58. The molecule has 1 rings (SSSR count). The third-order valence-corrected chi connectivity index (χ3v) is 1.70. The summed E-state index contributed by atoms with van der Waals surface area (Å²) in [7, 11) is 1.58. The molecule has 2 amide bonds. The lowest BCUT2D eigenvalue weighted by atomic mass is 10.3. The fourth-order valence-corrected chi connectivity index (χ4v) is 1.00. The lowest BCUT2D eigenvalue weighted by Gasteiger charge is -2.07. The van der Waals surface area contributed by atoms with Gasteiger partial charge in [-0.25, -0.2) is 4.79 Å². The van der Waals surface area contributed by atoms with E-state index in [1.165, 1.54) is 0 Å². The number of urea groups is 1. The topological polar surface area (TPSA) is 54.0 Å². The standard InChI is InChI=1S/C9H13N3O/c1-6-4-5-8(7(2)11-6)12-9(13)10-3/h4-5H,1-3H3,(H2,10,12,13). The summed E-state index contributed by atoms with van der Waals surface area (Å²) in [5, 5.41) is 5.15. The zero-order chi connectivity index (χ0) is 9.84. The van der Waals surface area contributed by atoms with Crippen LogP contribution in [0.5, 0.6) is 0 Å². The largest absolute Gasteiger partial charge is 0.341 e. The number of carbonyl (C=O) groups excluding carboxylic acids is 1. The minimum absolute atomic E-state index is 0.228. The molecule has 0 bridgehead atoms. The summed E-state index contributed by atoms with van der Waals surface area (Å²) < 4.78 is 0. The Morgan fingerprint density at radius 3 is 2.62 bits per heavy atom. The second-order valence-corrected chi connectivity index (χ2v) is 2.79. The first-order chi connectivity index (χ1) is 6.13. The van der Waals surface area contributed by atoms with Crippen LogP contribution in [-0.2, 0) is 0 Å². The number of nitrogens with zero attached hydrogens (tertiary/aromatic N) is 1. The third kappa shape index (κ3) is 2.43. The molecule has 0 fully saturated rings. The molecule has 1 aromatic rings. The number of aromatic nitrogens is 1. The predicted molar refractivity (Wildman–Crippen MR) is 51.8 cm³/mol. The molecular formula is C9H13N3O. The van der Waals surface area contributed by atoms with Crippen molar-refractivity contribution in [2.45, 2.75) is 13.8 Å². The van der Waals surface area contributed by atoms with E-state index in [9.17, 15) is 4.79 Å². The number of hydrogen-bond donors (Lipinski definition) is 2. The van der Waals surface area contributed by atoms with Crippen molar-refractivity contribution in [1.29, 1.82) is 0 Å². The van der Waals surface area contributed by atoms with Crippen LogP contribution in [-0.4, -0.2) is 18.1 Å². The zero-order valence-electron chi connectivity index (χ0n) is 8.01. The van der Waals surface area contributed by atoms with E-state index >= 15 is 0 Å². The van der Waals surface area contributed by atoms with Crippen LogP contribution in [0.2, 0.25) is 0 Å². The Morgan fingerprint density at radius 1 is 1.38 bits per heavy atom. The normalized spacial score (nSPS) is 9.46. The number of carbonyl (C=O) groups is 1. The van der Waals surface area contributed by atoms with E-state index in [-0.39, 0.29) is 6.03 Å². The van der Waals surface area contributed by atoms with Gasteiger partial charge in [0.2, 0.25) is 0 Å². The number of nitrogens with one attached hydrogen (secondary N) is 2. The quantitative estimate of drug-likeness (QED) is 0.685. The molecule has 0 aromatic carbocycles. The molecule has 0 radical (unpaired) electrons. The molecule has 4 heteroatoms. The van der Waals surface area contributed by atoms with Gasteiger partial charge in [-0.05, 0) is 26.0 Å². The Kier molecular flexibility index (Phi) is 2.84.